The van der Waals surface area contributed by atoms with Crippen molar-refractivity contribution in [2.75, 3.05) is 39.4 Å². The van der Waals surface area contributed by atoms with E-state index in [9.17, 15) is 0 Å². The molecule has 6 nitrogen and oxygen atoms in total. The van der Waals surface area contributed by atoms with Gasteiger partial charge in [-0.15, -0.1) is 0 Å². The van der Waals surface area contributed by atoms with Crippen molar-refractivity contribution in [1.29, 1.82) is 0 Å². The fourth-order valence-corrected chi connectivity index (χ4v) is 4.87. The van der Waals surface area contributed by atoms with Crippen molar-refractivity contribution in [3.8, 4) is 0 Å². The molecule has 180 valence electrons. The van der Waals surface area contributed by atoms with Crippen LogP contribution in [-0.4, -0.2) is 62.5 Å². The minimum Gasteiger partial charge on any atom is -0.377 e. The molecule has 0 amide bonds. The minimum atomic E-state index is 0.154. The molecule has 3 unspecified atom stereocenters. The van der Waals surface area contributed by atoms with Crippen molar-refractivity contribution in [3.63, 3.8) is 0 Å². The number of benzene rings is 1. The number of rotatable bonds is 7. The van der Waals surface area contributed by atoms with Crippen molar-refractivity contribution < 1.29 is 9.47 Å². The molecule has 32 heavy (non-hydrogen) atoms. The molecule has 2 heterocycles. The Morgan fingerprint density at radius 1 is 1.16 bits per heavy atom. The SMILES string of the molecule is CCNC(=NCc1cccc(CN2CCOC(C)C2)c1)NCC1CCCOC1C(C)(C)C. The lowest BCUT2D eigenvalue weighted by atomic mass is 9.78. The first-order valence-corrected chi connectivity index (χ1v) is 12.4. The number of hydrogen-bond donors (Lipinski definition) is 2. The zero-order valence-corrected chi connectivity index (χ0v) is 20.8. The van der Waals surface area contributed by atoms with Crippen LogP contribution < -0.4 is 10.6 Å². The number of ether oxygens (including phenoxy) is 2. The fourth-order valence-electron chi connectivity index (χ4n) is 4.87. The molecule has 2 aliphatic rings. The first kappa shape index (κ1) is 25.0. The van der Waals surface area contributed by atoms with Crippen molar-refractivity contribution in [2.45, 2.75) is 72.8 Å². The van der Waals surface area contributed by atoms with E-state index in [1.54, 1.807) is 0 Å². The van der Waals surface area contributed by atoms with Gasteiger partial charge in [-0.1, -0.05) is 45.0 Å². The van der Waals surface area contributed by atoms with E-state index < -0.39 is 0 Å². The van der Waals surface area contributed by atoms with Crippen LogP contribution in [0.1, 0.15) is 58.6 Å². The number of guanidine groups is 1. The van der Waals surface area contributed by atoms with Crippen LogP contribution in [0.2, 0.25) is 0 Å². The predicted molar refractivity (Wildman–Crippen MR) is 132 cm³/mol. The second-order valence-electron chi connectivity index (χ2n) is 10.4. The smallest absolute Gasteiger partial charge is 0.191 e. The van der Waals surface area contributed by atoms with Crippen LogP contribution in [0.25, 0.3) is 0 Å². The van der Waals surface area contributed by atoms with Gasteiger partial charge in [-0.3, -0.25) is 4.90 Å². The maximum Gasteiger partial charge on any atom is 0.191 e. The summed E-state index contributed by atoms with van der Waals surface area (Å²) in [4.78, 5) is 7.35. The third-order valence-electron chi connectivity index (χ3n) is 6.32. The van der Waals surface area contributed by atoms with Gasteiger partial charge in [-0.25, -0.2) is 4.99 Å². The monoisotopic (exact) mass is 444 g/mol. The van der Waals surface area contributed by atoms with Gasteiger partial charge in [0, 0.05) is 45.2 Å². The molecule has 0 aliphatic carbocycles. The fraction of sp³-hybridized carbons (Fsp3) is 0.731. The molecule has 6 heteroatoms. The number of aliphatic imine (C=N–C) groups is 1. The maximum atomic E-state index is 6.15. The van der Waals surface area contributed by atoms with Crippen LogP contribution in [0.3, 0.4) is 0 Å². The second kappa shape index (κ2) is 12.0. The summed E-state index contributed by atoms with van der Waals surface area (Å²) in [6.07, 6.45) is 2.95. The van der Waals surface area contributed by atoms with Gasteiger partial charge in [0.2, 0.25) is 0 Å². The molecule has 2 fully saturated rings. The molecule has 0 spiro atoms. The average Bonchev–Trinajstić information content (AvgIpc) is 2.75. The molecule has 2 aliphatic heterocycles. The van der Waals surface area contributed by atoms with Crippen molar-refractivity contribution in [1.82, 2.24) is 15.5 Å². The number of morpholine rings is 1. The number of nitrogens with zero attached hydrogens (tertiary/aromatic N) is 2. The molecule has 0 bridgehead atoms. The van der Waals surface area contributed by atoms with Crippen LogP contribution in [0, 0.1) is 11.3 Å². The lowest BCUT2D eigenvalue weighted by molar-refractivity contribution is -0.0835. The van der Waals surface area contributed by atoms with E-state index in [4.69, 9.17) is 14.5 Å². The summed E-state index contributed by atoms with van der Waals surface area (Å²) in [5.41, 5.74) is 2.74. The first-order valence-electron chi connectivity index (χ1n) is 12.4. The Morgan fingerprint density at radius 2 is 1.97 bits per heavy atom. The Bertz CT molecular complexity index is 731. The highest BCUT2D eigenvalue weighted by Gasteiger charge is 2.35. The average molecular weight is 445 g/mol. The van der Waals surface area contributed by atoms with Gasteiger partial charge in [-0.2, -0.15) is 0 Å². The molecule has 2 saturated heterocycles. The molecular weight excluding hydrogens is 400 g/mol. The normalized spacial score (nSPS) is 25.5. The minimum absolute atomic E-state index is 0.154. The Kier molecular flexibility index (Phi) is 9.38. The van der Waals surface area contributed by atoms with Gasteiger partial charge >= 0.3 is 0 Å². The molecule has 0 aromatic heterocycles. The van der Waals surface area contributed by atoms with Gasteiger partial charge in [0.05, 0.1) is 25.4 Å². The Labute approximate surface area is 195 Å². The largest absolute Gasteiger partial charge is 0.377 e. The highest BCUT2D eigenvalue weighted by molar-refractivity contribution is 5.79. The summed E-state index contributed by atoms with van der Waals surface area (Å²) in [5.74, 6) is 1.39. The van der Waals surface area contributed by atoms with Crippen LogP contribution in [0.15, 0.2) is 29.3 Å². The number of hydrogen-bond acceptors (Lipinski definition) is 4. The zero-order chi connectivity index (χ0) is 23.0. The highest BCUT2D eigenvalue weighted by atomic mass is 16.5. The zero-order valence-electron chi connectivity index (χ0n) is 20.8. The van der Waals surface area contributed by atoms with E-state index in [1.807, 2.05) is 0 Å². The van der Waals surface area contributed by atoms with Crippen molar-refractivity contribution >= 4 is 5.96 Å². The molecule has 0 saturated carbocycles. The van der Waals surface area contributed by atoms with E-state index >= 15 is 0 Å². The summed E-state index contributed by atoms with van der Waals surface area (Å²) in [7, 11) is 0. The second-order valence-corrected chi connectivity index (χ2v) is 10.4. The van der Waals surface area contributed by atoms with Crippen LogP contribution >= 0.6 is 0 Å². The summed E-state index contributed by atoms with van der Waals surface area (Å²) in [5, 5.41) is 6.99. The highest BCUT2D eigenvalue weighted by Crippen LogP contribution is 2.33. The Balaban J connectivity index is 1.57. The van der Waals surface area contributed by atoms with Crippen molar-refractivity contribution in [3.05, 3.63) is 35.4 Å². The van der Waals surface area contributed by atoms with Gasteiger partial charge in [0.25, 0.3) is 0 Å². The summed E-state index contributed by atoms with van der Waals surface area (Å²) >= 11 is 0. The maximum absolute atomic E-state index is 6.15. The number of nitrogens with one attached hydrogen (secondary N) is 2. The van der Waals surface area contributed by atoms with Gasteiger partial charge in [0.15, 0.2) is 5.96 Å². The molecular formula is C26H44N4O2. The summed E-state index contributed by atoms with van der Waals surface area (Å²) in [6, 6.07) is 8.82. The molecule has 3 atom stereocenters. The van der Waals surface area contributed by atoms with Crippen LogP contribution in [0.5, 0.6) is 0 Å². The molecule has 0 radical (unpaired) electrons. The Morgan fingerprint density at radius 3 is 2.72 bits per heavy atom. The molecule has 1 aromatic carbocycles. The van der Waals surface area contributed by atoms with Gasteiger partial charge in [-0.05, 0) is 43.2 Å². The van der Waals surface area contributed by atoms with E-state index in [0.29, 0.717) is 18.6 Å². The topological polar surface area (TPSA) is 58.1 Å². The van der Waals surface area contributed by atoms with E-state index in [-0.39, 0.29) is 11.5 Å². The van der Waals surface area contributed by atoms with E-state index in [2.05, 4.69) is 74.4 Å². The summed E-state index contributed by atoms with van der Waals surface area (Å²) in [6.45, 7) is 18.2. The van der Waals surface area contributed by atoms with Gasteiger partial charge in [0.1, 0.15) is 0 Å². The van der Waals surface area contributed by atoms with Gasteiger partial charge < -0.3 is 20.1 Å². The van der Waals surface area contributed by atoms with Crippen molar-refractivity contribution in [2.24, 2.45) is 16.3 Å². The Hall–Kier alpha value is -1.63. The van der Waals surface area contributed by atoms with E-state index in [1.165, 1.54) is 17.5 Å². The third-order valence-corrected chi connectivity index (χ3v) is 6.32. The van der Waals surface area contributed by atoms with Crippen LogP contribution in [0.4, 0.5) is 0 Å². The molecule has 3 rings (SSSR count). The van der Waals surface area contributed by atoms with Crippen LogP contribution in [-0.2, 0) is 22.6 Å². The first-order chi connectivity index (χ1) is 15.3. The predicted octanol–water partition coefficient (Wildman–Crippen LogP) is 3.80. The lowest BCUT2D eigenvalue weighted by Crippen LogP contribution is -2.47. The summed E-state index contributed by atoms with van der Waals surface area (Å²) < 4.78 is 11.8. The third kappa shape index (κ3) is 7.75. The molecule has 2 N–H and O–H groups in total. The quantitative estimate of drug-likeness (QED) is 0.495. The van der Waals surface area contributed by atoms with E-state index in [0.717, 1.165) is 58.3 Å². The standard InChI is InChI=1S/C26H44N4O2/c1-6-27-25(29-17-23-11-8-13-32-24(23)26(3,4)5)28-16-21-9-7-10-22(15-21)19-30-12-14-31-20(2)18-30/h7,9-10,15,20,23-24H,6,8,11-14,16-19H2,1-5H3,(H2,27,28,29). The lowest BCUT2D eigenvalue weighted by Gasteiger charge is -2.40. The molecule has 1 aromatic rings.